The third kappa shape index (κ3) is 2.41. The van der Waals surface area contributed by atoms with Gasteiger partial charge in [0.05, 0.1) is 16.7 Å². The van der Waals surface area contributed by atoms with Gasteiger partial charge in [-0.1, -0.05) is 19.1 Å². The van der Waals surface area contributed by atoms with Crippen LogP contribution in [0.5, 0.6) is 0 Å². The number of carbonyl (C=O) groups is 1. The minimum absolute atomic E-state index is 0.0825. The Balaban J connectivity index is 2.22. The second kappa shape index (κ2) is 4.37. The second-order valence-electron chi connectivity index (χ2n) is 3.88. The van der Waals surface area contributed by atoms with Crippen LogP contribution >= 0.6 is 0 Å². The summed E-state index contributed by atoms with van der Waals surface area (Å²) < 4.78 is 23.2. The molecular formula is C11H14N2O3S. The Bertz CT molecular complexity index is 522. The lowest BCUT2D eigenvalue weighted by Gasteiger charge is -2.09. The van der Waals surface area contributed by atoms with Gasteiger partial charge in [-0.25, -0.2) is 13.2 Å². The first-order chi connectivity index (χ1) is 8.03. The lowest BCUT2D eigenvalue weighted by Crippen LogP contribution is -2.21. The largest absolute Gasteiger partial charge is 0.336 e. The second-order valence-corrected chi connectivity index (χ2v) is 6.16. The summed E-state index contributed by atoms with van der Waals surface area (Å²) in [4.78, 5) is 11.3. The fourth-order valence-electron chi connectivity index (χ4n) is 1.73. The lowest BCUT2D eigenvalue weighted by atomic mass is 10.1. The average Bonchev–Trinajstić information content (AvgIpc) is 2.76. The van der Waals surface area contributed by atoms with Crippen LogP contribution in [0.4, 0.5) is 4.79 Å². The van der Waals surface area contributed by atoms with E-state index in [1.807, 2.05) is 0 Å². The smallest absolute Gasteiger partial charge is 0.315 e. The van der Waals surface area contributed by atoms with Gasteiger partial charge in [0.1, 0.15) is 0 Å². The molecule has 1 unspecified atom stereocenters. The minimum Gasteiger partial charge on any atom is -0.336 e. The van der Waals surface area contributed by atoms with Crippen LogP contribution in [0.3, 0.4) is 0 Å². The first kappa shape index (κ1) is 11.9. The maximum Gasteiger partial charge on any atom is 0.315 e. The quantitative estimate of drug-likeness (QED) is 0.839. The van der Waals surface area contributed by atoms with Crippen LogP contribution < -0.4 is 10.6 Å². The van der Waals surface area contributed by atoms with Crippen LogP contribution in [-0.2, 0) is 9.84 Å². The zero-order valence-corrected chi connectivity index (χ0v) is 10.3. The number of hydrogen-bond donors (Lipinski definition) is 2. The van der Waals surface area contributed by atoms with Crippen LogP contribution in [0.2, 0.25) is 0 Å². The standard InChI is InChI=1S/C11H14N2O3S/c1-2-17(15,16)9-5-3-8(4-6-9)10-7-12-11(14)13-10/h3-6,10H,2,7H2,1H3,(H2,12,13,14). The Hall–Kier alpha value is -1.56. The first-order valence-corrected chi connectivity index (χ1v) is 7.05. The zero-order valence-electron chi connectivity index (χ0n) is 9.43. The summed E-state index contributed by atoms with van der Waals surface area (Å²) in [6.45, 7) is 2.14. The van der Waals surface area contributed by atoms with Crippen molar-refractivity contribution in [3.63, 3.8) is 0 Å². The molecule has 92 valence electrons. The van der Waals surface area contributed by atoms with Crippen LogP contribution in [-0.4, -0.2) is 26.7 Å². The molecule has 1 aliphatic rings. The molecule has 2 rings (SSSR count). The van der Waals surface area contributed by atoms with E-state index in [4.69, 9.17) is 0 Å². The van der Waals surface area contributed by atoms with Crippen LogP contribution in [0.15, 0.2) is 29.2 Å². The van der Waals surface area contributed by atoms with E-state index in [0.717, 1.165) is 5.56 Å². The molecule has 1 aromatic carbocycles. The average molecular weight is 254 g/mol. The molecule has 0 aromatic heterocycles. The zero-order chi connectivity index (χ0) is 12.5. The highest BCUT2D eigenvalue weighted by Crippen LogP contribution is 2.18. The molecule has 0 radical (unpaired) electrons. The third-order valence-electron chi connectivity index (χ3n) is 2.79. The number of nitrogens with one attached hydrogen (secondary N) is 2. The van der Waals surface area contributed by atoms with Crippen LogP contribution in [0, 0.1) is 0 Å². The minimum atomic E-state index is -3.15. The normalized spacial score (nSPS) is 19.8. The van der Waals surface area contributed by atoms with Gasteiger partial charge in [-0.2, -0.15) is 0 Å². The van der Waals surface area contributed by atoms with Crippen molar-refractivity contribution in [1.29, 1.82) is 0 Å². The van der Waals surface area contributed by atoms with Crippen molar-refractivity contribution in [2.45, 2.75) is 17.9 Å². The molecule has 1 aromatic rings. The molecule has 1 atom stereocenters. The van der Waals surface area contributed by atoms with Gasteiger partial charge in [-0.05, 0) is 17.7 Å². The molecule has 2 amide bonds. The predicted octanol–water partition coefficient (Wildman–Crippen LogP) is 0.834. The lowest BCUT2D eigenvalue weighted by molar-refractivity contribution is 0.247. The number of rotatable bonds is 3. The van der Waals surface area contributed by atoms with Gasteiger partial charge in [0.2, 0.25) is 0 Å². The van der Waals surface area contributed by atoms with Gasteiger partial charge in [0.25, 0.3) is 0 Å². The number of sulfone groups is 1. The number of urea groups is 1. The topological polar surface area (TPSA) is 75.3 Å². The molecule has 6 heteroatoms. The monoisotopic (exact) mass is 254 g/mol. The molecule has 5 nitrogen and oxygen atoms in total. The van der Waals surface area contributed by atoms with Crippen molar-refractivity contribution in [2.75, 3.05) is 12.3 Å². The molecule has 0 bridgehead atoms. The van der Waals surface area contributed by atoms with Gasteiger partial charge in [-0.15, -0.1) is 0 Å². The van der Waals surface area contributed by atoms with Gasteiger partial charge in [-0.3, -0.25) is 0 Å². The van der Waals surface area contributed by atoms with E-state index < -0.39 is 9.84 Å². The van der Waals surface area contributed by atoms with Crippen molar-refractivity contribution in [1.82, 2.24) is 10.6 Å². The van der Waals surface area contributed by atoms with Gasteiger partial charge < -0.3 is 10.6 Å². The Kier molecular flexibility index (Phi) is 3.06. The van der Waals surface area contributed by atoms with Crippen molar-refractivity contribution in [3.8, 4) is 0 Å². The molecule has 2 N–H and O–H groups in total. The van der Waals surface area contributed by atoms with Gasteiger partial charge in [0, 0.05) is 6.54 Å². The summed E-state index contributed by atoms with van der Waals surface area (Å²) in [7, 11) is -3.15. The Morgan fingerprint density at radius 2 is 1.94 bits per heavy atom. The molecule has 0 aliphatic carbocycles. The summed E-state index contributed by atoms with van der Waals surface area (Å²) in [6.07, 6.45) is 0. The van der Waals surface area contributed by atoms with E-state index in [1.54, 1.807) is 31.2 Å². The SMILES string of the molecule is CCS(=O)(=O)c1ccc(C2CNC(=O)N2)cc1. The summed E-state index contributed by atoms with van der Waals surface area (Å²) in [5.74, 6) is 0.0913. The molecular weight excluding hydrogens is 240 g/mol. The molecule has 0 saturated carbocycles. The van der Waals surface area contributed by atoms with Crippen LogP contribution in [0.1, 0.15) is 18.5 Å². The van der Waals surface area contributed by atoms with Crippen molar-refractivity contribution >= 4 is 15.9 Å². The summed E-state index contributed by atoms with van der Waals surface area (Å²) in [5, 5.41) is 5.40. The highest BCUT2D eigenvalue weighted by Gasteiger charge is 2.21. The third-order valence-corrected chi connectivity index (χ3v) is 4.54. The molecule has 1 heterocycles. The number of carbonyl (C=O) groups excluding carboxylic acids is 1. The van der Waals surface area contributed by atoms with Crippen molar-refractivity contribution in [3.05, 3.63) is 29.8 Å². The van der Waals surface area contributed by atoms with E-state index >= 15 is 0 Å². The maximum atomic E-state index is 11.6. The van der Waals surface area contributed by atoms with Gasteiger partial charge >= 0.3 is 6.03 Å². The molecule has 17 heavy (non-hydrogen) atoms. The molecule has 1 saturated heterocycles. The predicted molar refractivity (Wildman–Crippen MR) is 63.4 cm³/mol. The molecule has 0 spiro atoms. The fraction of sp³-hybridized carbons (Fsp3) is 0.364. The summed E-state index contributed by atoms with van der Waals surface area (Å²) in [6, 6.07) is 6.36. The number of hydrogen-bond acceptors (Lipinski definition) is 3. The Morgan fingerprint density at radius 3 is 2.41 bits per heavy atom. The molecule has 1 fully saturated rings. The molecule has 1 aliphatic heterocycles. The fourth-order valence-corrected chi connectivity index (χ4v) is 2.61. The first-order valence-electron chi connectivity index (χ1n) is 5.40. The van der Waals surface area contributed by atoms with Gasteiger partial charge in [0.15, 0.2) is 9.84 Å². The Labute approximate surface area is 100 Å². The van der Waals surface area contributed by atoms with E-state index in [9.17, 15) is 13.2 Å². The van der Waals surface area contributed by atoms with E-state index in [-0.39, 0.29) is 17.8 Å². The summed E-state index contributed by atoms with van der Waals surface area (Å²) >= 11 is 0. The van der Waals surface area contributed by atoms with Crippen molar-refractivity contribution in [2.24, 2.45) is 0 Å². The maximum absolute atomic E-state index is 11.6. The highest BCUT2D eigenvalue weighted by atomic mass is 32.2. The van der Waals surface area contributed by atoms with E-state index in [1.165, 1.54) is 0 Å². The van der Waals surface area contributed by atoms with E-state index in [2.05, 4.69) is 10.6 Å². The van der Waals surface area contributed by atoms with Crippen LogP contribution in [0.25, 0.3) is 0 Å². The van der Waals surface area contributed by atoms with Crippen molar-refractivity contribution < 1.29 is 13.2 Å². The van der Waals surface area contributed by atoms with E-state index in [0.29, 0.717) is 11.4 Å². The number of benzene rings is 1. The highest BCUT2D eigenvalue weighted by molar-refractivity contribution is 7.91. The summed E-state index contributed by atoms with van der Waals surface area (Å²) in [5.41, 5.74) is 0.901. The number of amides is 2. The Morgan fingerprint density at radius 1 is 1.29 bits per heavy atom.